The third kappa shape index (κ3) is 5.18. The van der Waals surface area contributed by atoms with Crippen LogP contribution >= 0.6 is 11.6 Å². The summed E-state index contributed by atoms with van der Waals surface area (Å²) >= 11 is 5.95. The normalized spacial score (nSPS) is 27.0. The van der Waals surface area contributed by atoms with Gasteiger partial charge in [0.1, 0.15) is 0 Å². The lowest BCUT2D eigenvalue weighted by Gasteiger charge is -2.09. The molecular formula is C11H23ClN2. The number of rotatable bonds is 7. The smallest absolute Gasteiger partial charge is 0.0829 e. The Morgan fingerprint density at radius 2 is 2.21 bits per heavy atom. The van der Waals surface area contributed by atoms with Gasteiger partial charge >= 0.3 is 0 Å². The standard InChI is InChI=1S/C11H23ClN2/c1-2-3-4-5-6-13-8-10-7-11(12)14-9-10/h10-11,13-14H,2-9H2,1H3. The Kier molecular flexibility index (Phi) is 6.57. The average molecular weight is 219 g/mol. The van der Waals surface area contributed by atoms with Crippen LogP contribution in [-0.2, 0) is 0 Å². The molecule has 2 nitrogen and oxygen atoms in total. The second-order valence-corrected chi connectivity index (χ2v) is 4.77. The van der Waals surface area contributed by atoms with Crippen molar-refractivity contribution in [3.05, 3.63) is 0 Å². The lowest BCUT2D eigenvalue weighted by molar-refractivity contribution is 0.497. The second kappa shape index (κ2) is 7.49. The van der Waals surface area contributed by atoms with Gasteiger partial charge < -0.3 is 10.6 Å². The Labute approximate surface area is 92.8 Å². The highest BCUT2D eigenvalue weighted by Crippen LogP contribution is 2.15. The van der Waals surface area contributed by atoms with E-state index in [4.69, 9.17) is 11.6 Å². The first kappa shape index (κ1) is 12.3. The van der Waals surface area contributed by atoms with E-state index in [1.54, 1.807) is 0 Å². The molecule has 0 bridgehead atoms. The summed E-state index contributed by atoms with van der Waals surface area (Å²) < 4.78 is 0. The molecule has 1 fully saturated rings. The molecule has 1 heterocycles. The molecule has 1 saturated heterocycles. The number of unbranched alkanes of at least 4 members (excludes halogenated alkanes) is 3. The SMILES string of the molecule is CCCCCCNCC1CNC(Cl)C1. The van der Waals surface area contributed by atoms with Gasteiger partial charge in [-0.15, -0.1) is 11.6 Å². The molecule has 2 unspecified atom stereocenters. The fourth-order valence-corrected chi connectivity index (χ4v) is 2.23. The van der Waals surface area contributed by atoms with Gasteiger partial charge in [-0.25, -0.2) is 0 Å². The monoisotopic (exact) mass is 218 g/mol. The van der Waals surface area contributed by atoms with Gasteiger partial charge in [-0.05, 0) is 31.8 Å². The average Bonchev–Trinajstić information content (AvgIpc) is 2.58. The predicted octanol–water partition coefficient (Wildman–Crippen LogP) is 2.33. The summed E-state index contributed by atoms with van der Waals surface area (Å²) in [6.45, 7) is 5.63. The maximum absolute atomic E-state index is 5.95. The minimum Gasteiger partial charge on any atom is -0.316 e. The van der Waals surface area contributed by atoms with E-state index in [9.17, 15) is 0 Å². The summed E-state index contributed by atoms with van der Waals surface area (Å²) in [6.07, 6.45) is 6.49. The summed E-state index contributed by atoms with van der Waals surface area (Å²) in [4.78, 5) is 0. The lowest BCUT2D eigenvalue weighted by atomic mass is 10.1. The van der Waals surface area contributed by atoms with Crippen LogP contribution in [-0.4, -0.2) is 25.1 Å². The Balaban J connectivity index is 1.84. The first-order valence-corrected chi connectivity index (χ1v) is 6.34. The van der Waals surface area contributed by atoms with Gasteiger partial charge in [0, 0.05) is 6.54 Å². The van der Waals surface area contributed by atoms with Gasteiger partial charge in [0.2, 0.25) is 0 Å². The maximum Gasteiger partial charge on any atom is 0.0829 e. The van der Waals surface area contributed by atoms with E-state index < -0.39 is 0 Å². The molecule has 0 aromatic carbocycles. The van der Waals surface area contributed by atoms with Crippen LogP contribution in [0.25, 0.3) is 0 Å². The molecule has 2 N–H and O–H groups in total. The molecule has 0 spiro atoms. The molecule has 3 heteroatoms. The molecule has 1 aliphatic heterocycles. The Bertz CT molecular complexity index is 141. The minimum atomic E-state index is 0.210. The van der Waals surface area contributed by atoms with Gasteiger partial charge in [-0.1, -0.05) is 26.2 Å². The van der Waals surface area contributed by atoms with Crippen LogP contribution in [0.15, 0.2) is 0 Å². The summed E-state index contributed by atoms with van der Waals surface area (Å²) in [5.41, 5.74) is 0.210. The van der Waals surface area contributed by atoms with Crippen molar-refractivity contribution < 1.29 is 0 Å². The number of hydrogen-bond donors (Lipinski definition) is 2. The van der Waals surface area contributed by atoms with Crippen molar-refractivity contribution in [3.63, 3.8) is 0 Å². The molecule has 84 valence electrons. The van der Waals surface area contributed by atoms with Crippen LogP contribution < -0.4 is 10.6 Å². The zero-order valence-corrected chi connectivity index (χ0v) is 9.95. The van der Waals surface area contributed by atoms with Crippen molar-refractivity contribution in [1.29, 1.82) is 0 Å². The number of hydrogen-bond acceptors (Lipinski definition) is 2. The van der Waals surface area contributed by atoms with Crippen LogP contribution in [0.2, 0.25) is 0 Å². The van der Waals surface area contributed by atoms with Crippen molar-refractivity contribution >= 4 is 11.6 Å². The molecule has 0 radical (unpaired) electrons. The zero-order valence-electron chi connectivity index (χ0n) is 9.19. The minimum absolute atomic E-state index is 0.210. The number of nitrogens with one attached hydrogen (secondary N) is 2. The van der Waals surface area contributed by atoms with E-state index in [0.717, 1.165) is 25.4 Å². The predicted molar refractivity (Wildman–Crippen MR) is 62.8 cm³/mol. The fourth-order valence-electron chi connectivity index (χ4n) is 1.89. The molecule has 0 aliphatic carbocycles. The van der Waals surface area contributed by atoms with Gasteiger partial charge in [0.15, 0.2) is 0 Å². The first-order valence-electron chi connectivity index (χ1n) is 5.91. The molecule has 1 rings (SSSR count). The van der Waals surface area contributed by atoms with Crippen LogP contribution in [0.1, 0.15) is 39.0 Å². The number of alkyl halides is 1. The first-order chi connectivity index (χ1) is 6.83. The Morgan fingerprint density at radius 1 is 1.36 bits per heavy atom. The zero-order chi connectivity index (χ0) is 10.2. The van der Waals surface area contributed by atoms with Crippen molar-refractivity contribution in [2.45, 2.75) is 44.5 Å². The van der Waals surface area contributed by atoms with E-state index in [2.05, 4.69) is 17.6 Å². The summed E-state index contributed by atoms with van der Waals surface area (Å²) in [5.74, 6) is 0.740. The van der Waals surface area contributed by atoms with Crippen molar-refractivity contribution in [3.8, 4) is 0 Å². The Hall–Kier alpha value is 0.210. The summed E-state index contributed by atoms with van der Waals surface area (Å²) in [6, 6.07) is 0. The summed E-state index contributed by atoms with van der Waals surface area (Å²) in [7, 11) is 0. The number of halogens is 1. The van der Waals surface area contributed by atoms with Crippen LogP contribution in [0.5, 0.6) is 0 Å². The molecule has 0 aromatic rings. The van der Waals surface area contributed by atoms with Gasteiger partial charge in [0.05, 0.1) is 5.50 Å². The Morgan fingerprint density at radius 3 is 2.86 bits per heavy atom. The van der Waals surface area contributed by atoms with Gasteiger partial charge in [-0.3, -0.25) is 0 Å². The van der Waals surface area contributed by atoms with Crippen LogP contribution in [0.4, 0.5) is 0 Å². The molecule has 0 amide bonds. The van der Waals surface area contributed by atoms with Crippen molar-refractivity contribution in [2.24, 2.45) is 5.92 Å². The molecule has 2 atom stereocenters. The third-order valence-corrected chi connectivity index (χ3v) is 3.14. The van der Waals surface area contributed by atoms with E-state index >= 15 is 0 Å². The lowest BCUT2D eigenvalue weighted by Crippen LogP contribution is -2.25. The molecule has 0 saturated carbocycles. The molecular weight excluding hydrogens is 196 g/mol. The summed E-state index contributed by atoms with van der Waals surface area (Å²) in [5, 5.41) is 6.76. The highest BCUT2D eigenvalue weighted by Gasteiger charge is 2.21. The highest BCUT2D eigenvalue weighted by atomic mass is 35.5. The fraction of sp³-hybridized carbons (Fsp3) is 1.00. The van der Waals surface area contributed by atoms with E-state index in [1.807, 2.05) is 0 Å². The van der Waals surface area contributed by atoms with Gasteiger partial charge in [-0.2, -0.15) is 0 Å². The van der Waals surface area contributed by atoms with E-state index in [-0.39, 0.29) is 5.50 Å². The largest absolute Gasteiger partial charge is 0.316 e. The van der Waals surface area contributed by atoms with Crippen molar-refractivity contribution in [1.82, 2.24) is 10.6 Å². The van der Waals surface area contributed by atoms with E-state index in [0.29, 0.717) is 0 Å². The second-order valence-electron chi connectivity index (χ2n) is 4.24. The van der Waals surface area contributed by atoms with Crippen LogP contribution in [0.3, 0.4) is 0 Å². The third-order valence-electron chi connectivity index (χ3n) is 2.81. The molecule has 0 aromatic heterocycles. The molecule has 1 aliphatic rings. The van der Waals surface area contributed by atoms with E-state index in [1.165, 1.54) is 32.2 Å². The maximum atomic E-state index is 5.95. The molecule has 14 heavy (non-hydrogen) atoms. The van der Waals surface area contributed by atoms with Crippen LogP contribution in [0, 0.1) is 5.92 Å². The topological polar surface area (TPSA) is 24.1 Å². The van der Waals surface area contributed by atoms with Gasteiger partial charge in [0.25, 0.3) is 0 Å². The van der Waals surface area contributed by atoms with Crippen molar-refractivity contribution in [2.75, 3.05) is 19.6 Å². The quantitative estimate of drug-likeness (QED) is 0.390. The highest BCUT2D eigenvalue weighted by molar-refractivity contribution is 6.20.